The summed E-state index contributed by atoms with van der Waals surface area (Å²) in [5.41, 5.74) is 3.99. The number of allylic oxidation sites excluding steroid dienone is 1. The van der Waals surface area contributed by atoms with Gasteiger partial charge in [0, 0.05) is 17.8 Å². The number of non-ortho nitro benzene ring substituents is 1. The van der Waals surface area contributed by atoms with Crippen LogP contribution in [0.4, 0.5) is 11.4 Å². The van der Waals surface area contributed by atoms with Gasteiger partial charge in [0.05, 0.1) is 28.7 Å². The van der Waals surface area contributed by atoms with Gasteiger partial charge in [-0.2, -0.15) is 5.26 Å². The van der Waals surface area contributed by atoms with Gasteiger partial charge in [-0.15, -0.1) is 0 Å². The molecular formula is C26H22ClN3O5. The first-order valence-electron chi connectivity index (χ1n) is 10.5. The minimum Gasteiger partial charge on any atom is -0.493 e. The van der Waals surface area contributed by atoms with Gasteiger partial charge >= 0.3 is 0 Å². The first-order chi connectivity index (χ1) is 16.7. The first kappa shape index (κ1) is 25.3. The normalized spacial score (nSPS) is 10.9. The van der Waals surface area contributed by atoms with Crippen LogP contribution in [0.2, 0.25) is 5.02 Å². The monoisotopic (exact) mass is 491 g/mol. The van der Waals surface area contributed by atoms with E-state index in [1.54, 1.807) is 18.2 Å². The van der Waals surface area contributed by atoms with Crippen LogP contribution in [0.5, 0.6) is 11.5 Å². The Balaban J connectivity index is 1.79. The topological polar surface area (TPSA) is 114 Å². The molecule has 3 rings (SSSR count). The van der Waals surface area contributed by atoms with Crippen LogP contribution >= 0.6 is 11.6 Å². The van der Waals surface area contributed by atoms with E-state index in [0.29, 0.717) is 16.8 Å². The molecule has 35 heavy (non-hydrogen) atoms. The lowest BCUT2D eigenvalue weighted by Crippen LogP contribution is -2.21. The number of nitrogens with one attached hydrogen (secondary N) is 1. The largest absolute Gasteiger partial charge is 0.493 e. The van der Waals surface area contributed by atoms with Crippen molar-refractivity contribution in [3.05, 3.63) is 92.0 Å². The number of aryl methyl sites for hydroxylation is 1. The summed E-state index contributed by atoms with van der Waals surface area (Å²) >= 11 is 6.41. The summed E-state index contributed by atoms with van der Waals surface area (Å²) in [6, 6.07) is 16.6. The highest BCUT2D eigenvalue weighted by Crippen LogP contribution is 2.37. The van der Waals surface area contributed by atoms with E-state index >= 15 is 0 Å². The molecule has 178 valence electrons. The summed E-state index contributed by atoms with van der Waals surface area (Å²) in [5.74, 6) is 0.117. The van der Waals surface area contributed by atoms with Gasteiger partial charge in [0.25, 0.3) is 11.6 Å². The molecule has 0 bridgehead atoms. The van der Waals surface area contributed by atoms with Gasteiger partial charge in [0.2, 0.25) is 0 Å². The van der Waals surface area contributed by atoms with Crippen LogP contribution in [-0.2, 0) is 4.79 Å². The van der Waals surface area contributed by atoms with Gasteiger partial charge in [-0.25, -0.2) is 0 Å². The Morgan fingerprint density at radius 1 is 1.20 bits per heavy atom. The maximum atomic E-state index is 12.4. The van der Waals surface area contributed by atoms with E-state index in [-0.39, 0.29) is 40.3 Å². The van der Waals surface area contributed by atoms with Gasteiger partial charge < -0.3 is 14.8 Å². The quantitative estimate of drug-likeness (QED) is 0.180. The molecule has 0 atom stereocenters. The standard InChI is InChI=1S/C26H22ClN3O5/c1-16-5-4-6-23(17(16)2)29-25(31)15-35-26-22(27)12-18(13-24(26)34-3)11-20(14-28)19-7-9-21(10-8-19)30(32)33/h4-13H,15H2,1-3H3,(H,29,31)/b20-11+. The molecule has 0 saturated carbocycles. The second-order valence-electron chi connectivity index (χ2n) is 7.59. The molecule has 8 nitrogen and oxygen atoms in total. The number of methoxy groups -OCH3 is 1. The summed E-state index contributed by atoms with van der Waals surface area (Å²) in [6.45, 7) is 3.59. The van der Waals surface area contributed by atoms with Gasteiger partial charge in [0.1, 0.15) is 0 Å². The second kappa shape index (κ2) is 11.2. The van der Waals surface area contributed by atoms with Gasteiger partial charge in [0.15, 0.2) is 18.1 Å². The smallest absolute Gasteiger partial charge is 0.269 e. The van der Waals surface area contributed by atoms with Gasteiger partial charge in [-0.1, -0.05) is 23.7 Å². The molecule has 0 aliphatic rings. The number of nitriles is 1. The third kappa shape index (κ3) is 6.16. The molecule has 0 aromatic heterocycles. The number of hydrogen-bond acceptors (Lipinski definition) is 6. The molecule has 0 spiro atoms. The molecule has 0 unspecified atom stereocenters. The number of carbonyl (C=O) groups is 1. The highest BCUT2D eigenvalue weighted by molar-refractivity contribution is 6.32. The number of nitro groups is 1. The van der Waals surface area contributed by atoms with Crippen molar-refractivity contribution < 1.29 is 19.2 Å². The van der Waals surface area contributed by atoms with Gasteiger partial charge in [-0.3, -0.25) is 14.9 Å². The Labute approximate surface area is 207 Å². The summed E-state index contributed by atoms with van der Waals surface area (Å²) in [5, 5.41) is 23.5. The fourth-order valence-corrected chi connectivity index (χ4v) is 3.56. The molecule has 0 aliphatic heterocycles. The average Bonchev–Trinajstić information content (AvgIpc) is 2.84. The van der Waals surface area contributed by atoms with Crippen molar-refractivity contribution in [3.63, 3.8) is 0 Å². The van der Waals surface area contributed by atoms with Crippen LogP contribution in [0.3, 0.4) is 0 Å². The van der Waals surface area contributed by atoms with Crippen molar-refractivity contribution in [2.45, 2.75) is 13.8 Å². The summed E-state index contributed by atoms with van der Waals surface area (Å²) in [4.78, 5) is 22.8. The Bertz CT molecular complexity index is 1340. The lowest BCUT2D eigenvalue weighted by Gasteiger charge is -2.14. The maximum Gasteiger partial charge on any atom is 0.269 e. The van der Waals surface area contributed by atoms with E-state index < -0.39 is 4.92 Å². The second-order valence-corrected chi connectivity index (χ2v) is 8.00. The van der Waals surface area contributed by atoms with E-state index in [1.807, 2.05) is 32.0 Å². The van der Waals surface area contributed by atoms with Crippen LogP contribution in [0.1, 0.15) is 22.3 Å². The summed E-state index contributed by atoms with van der Waals surface area (Å²) in [7, 11) is 1.43. The zero-order valence-electron chi connectivity index (χ0n) is 19.3. The fraction of sp³-hybridized carbons (Fsp3) is 0.154. The predicted octanol–water partition coefficient (Wildman–Crippen LogP) is 5.96. The number of carbonyl (C=O) groups excluding carboxylic acids is 1. The highest BCUT2D eigenvalue weighted by atomic mass is 35.5. The van der Waals surface area contributed by atoms with Crippen molar-refractivity contribution in [3.8, 4) is 17.6 Å². The zero-order valence-corrected chi connectivity index (χ0v) is 20.1. The molecule has 0 saturated heterocycles. The number of anilines is 1. The molecule has 3 aromatic carbocycles. The molecule has 9 heteroatoms. The predicted molar refractivity (Wildman–Crippen MR) is 135 cm³/mol. The SMILES string of the molecule is COc1cc(/C=C(\C#N)c2ccc([N+](=O)[O-])cc2)cc(Cl)c1OCC(=O)Nc1cccc(C)c1C. The van der Waals surface area contributed by atoms with E-state index in [1.165, 1.54) is 31.4 Å². The minimum absolute atomic E-state index is 0.0705. The number of nitro benzene ring substituents is 1. The van der Waals surface area contributed by atoms with E-state index in [9.17, 15) is 20.2 Å². The Kier molecular flexibility index (Phi) is 8.08. The third-order valence-electron chi connectivity index (χ3n) is 5.30. The Hall–Kier alpha value is -4.35. The number of amides is 1. The number of rotatable bonds is 8. The number of ether oxygens (including phenoxy) is 2. The molecule has 3 aromatic rings. The van der Waals surface area contributed by atoms with Crippen LogP contribution in [-0.4, -0.2) is 24.5 Å². The Morgan fingerprint density at radius 3 is 2.54 bits per heavy atom. The van der Waals surface area contributed by atoms with Crippen molar-refractivity contribution >= 4 is 40.5 Å². The zero-order chi connectivity index (χ0) is 25.5. The lowest BCUT2D eigenvalue weighted by atomic mass is 10.0. The fourth-order valence-electron chi connectivity index (χ4n) is 3.28. The van der Waals surface area contributed by atoms with Crippen molar-refractivity contribution in [2.75, 3.05) is 19.0 Å². The summed E-state index contributed by atoms with van der Waals surface area (Å²) in [6.07, 6.45) is 1.58. The Morgan fingerprint density at radius 2 is 1.91 bits per heavy atom. The average molecular weight is 492 g/mol. The molecular weight excluding hydrogens is 470 g/mol. The molecule has 1 amide bonds. The first-order valence-corrected chi connectivity index (χ1v) is 10.8. The van der Waals surface area contributed by atoms with Crippen LogP contribution < -0.4 is 14.8 Å². The van der Waals surface area contributed by atoms with E-state index in [0.717, 1.165) is 11.1 Å². The van der Waals surface area contributed by atoms with Crippen LogP contribution in [0.15, 0.2) is 54.6 Å². The molecule has 0 radical (unpaired) electrons. The van der Waals surface area contributed by atoms with Crippen molar-refractivity contribution in [1.82, 2.24) is 0 Å². The third-order valence-corrected chi connectivity index (χ3v) is 5.58. The minimum atomic E-state index is -0.509. The molecule has 0 aliphatic carbocycles. The van der Waals surface area contributed by atoms with E-state index in [4.69, 9.17) is 21.1 Å². The summed E-state index contributed by atoms with van der Waals surface area (Å²) < 4.78 is 11.0. The van der Waals surface area contributed by atoms with E-state index in [2.05, 4.69) is 11.4 Å². The highest BCUT2D eigenvalue weighted by Gasteiger charge is 2.15. The number of halogens is 1. The lowest BCUT2D eigenvalue weighted by molar-refractivity contribution is -0.384. The number of nitrogens with zero attached hydrogens (tertiary/aromatic N) is 2. The van der Waals surface area contributed by atoms with Crippen LogP contribution in [0, 0.1) is 35.3 Å². The molecule has 0 heterocycles. The van der Waals surface area contributed by atoms with Crippen LogP contribution in [0.25, 0.3) is 11.6 Å². The molecule has 1 N–H and O–H groups in total. The van der Waals surface area contributed by atoms with Gasteiger partial charge in [-0.05, 0) is 72.5 Å². The number of hydrogen-bond donors (Lipinski definition) is 1. The molecule has 0 fully saturated rings. The van der Waals surface area contributed by atoms with Crippen molar-refractivity contribution in [2.24, 2.45) is 0 Å². The maximum absolute atomic E-state index is 12.4. The van der Waals surface area contributed by atoms with Crippen molar-refractivity contribution in [1.29, 1.82) is 5.26 Å². The number of benzene rings is 3.